The molecule has 0 aromatic rings. The number of hydrazone groups is 1. The van der Waals surface area contributed by atoms with Crippen LogP contribution in [0, 0.1) is 5.92 Å². The van der Waals surface area contributed by atoms with Gasteiger partial charge in [-0.3, -0.25) is 4.79 Å². The molecule has 1 heterocycles. The SMILES string of the molecule is CC(C)CCN1N=C(C(C)N(C)C(=O)OC(C)(C)C)CC1=O. The van der Waals surface area contributed by atoms with Crippen molar-refractivity contribution in [1.82, 2.24) is 9.91 Å². The van der Waals surface area contributed by atoms with Crippen LogP contribution in [-0.4, -0.2) is 52.9 Å². The molecule has 0 saturated carbocycles. The molecule has 0 aromatic carbocycles. The van der Waals surface area contributed by atoms with Crippen LogP contribution in [0.4, 0.5) is 4.79 Å². The van der Waals surface area contributed by atoms with E-state index in [1.54, 1.807) is 7.05 Å². The Balaban J connectivity index is 2.68. The van der Waals surface area contributed by atoms with E-state index in [2.05, 4.69) is 18.9 Å². The molecule has 6 heteroatoms. The molecular weight excluding hydrogens is 282 g/mol. The van der Waals surface area contributed by atoms with E-state index in [0.29, 0.717) is 18.2 Å². The molecule has 1 aliphatic rings. The number of hydrogen-bond donors (Lipinski definition) is 0. The Kier molecular flexibility index (Phi) is 5.97. The number of carbonyl (C=O) groups is 2. The third-order valence-corrected chi connectivity index (χ3v) is 3.53. The van der Waals surface area contributed by atoms with Gasteiger partial charge in [-0.05, 0) is 40.0 Å². The Hall–Kier alpha value is -1.59. The number of nitrogens with zero attached hydrogens (tertiary/aromatic N) is 3. The van der Waals surface area contributed by atoms with Crippen LogP contribution in [-0.2, 0) is 9.53 Å². The van der Waals surface area contributed by atoms with Crippen molar-refractivity contribution in [2.75, 3.05) is 13.6 Å². The van der Waals surface area contributed by atoms with Gasteiger partial charge in [0.05, 0.1) is 18.2 Å². The van der Waals surface area contributed by atoms with Crippen molar-refractivity contribution in [1.29, 1.82) is 0 Å². The quantitative estimate of drug-likeness (QED) is 0.784. The van der Waals surface area contributed by atoms with E-state index in [1.807, 2.05) is 27.7 Å². The Morgan fingerprint density at radius 3 is 2.45 bits per heavy atom. The average Bonchev–Trinajstić information content (AvgIpc) is 2.74. The van der Waals surface area contributed by atoms with Crippen LogP contribution in [0.25, 0.3) is 0 Å². The van der Waals surface area contributed by atoms with Gasteiger partial charge in [0.1, 0.15) is 5.60 Å². The second kappa shape index (κ2) is 7.11. The third kappa shape index (κ3) is 5.31. The monoisotopic (exact) mass is 311 g/mol. The van der Waals surface area contributed by atoms with Gasteiger partial charge < -0.3 is 9.64 Å². The minimum Gasteiger partial charge on any atom is -0.444 e. The van der Waals surface area contributed by atoms with Crippen molar-refractivity contribution >= 4 is 17.7 Å². The summed E-state index contributed by atoms with van der Waals surface area (Å²) in [7, 11) is 1.67. The lowest BCUT2D eigenvalue weighted by Gasteiger charge is -2.28. The molecule has 1 atom stereocenters. The molecule has 0 radical (unpaired) electrons. The molecule has 126 valence electrons. The summed E-state index contributed by atoms with van der Waals surface area (Å²) in [5.74, 6) is 0.522. The summed E-state index contributed by atoms with van der Waals surface area (Å²) in [5.41, 5.74) is 0.170. The molecule has 1 aliphatic heterocycles. The molecular formula is C16H29N3O3. The standard InChI is InChI=1S/C16H29N3O3/c1-11(2)8-9-19-14(20)10-13(17-19)12(3)18(7)15(21)22-16(4,5)6/h11-12H,8-10H2,1-7H3. The zero-order valence-corrected chi connectivity index (χ0v) is 14.8. The van der Waals surface area contributed by atoms with Crippen molar-refractivity contribution in [2.45, 2.75) is 66.0 Å². The third-order valence-electron chi connectivity index (χ3n) is 3.53. The van der Waals surface area contributed by atoms with Gasteiger partial charge >= 0.3 is 6.09 Å². The molecule has 22 heavy (non-hydrogen) atoms. The van der Waals surface area contributed by atoms with Crippen LogP contribution in [0.5, 0.6) is 0 Å². The van der Waals surface area contributed by atoms with Crippen LogP contribution >= 0.6 is 0 Å². The highest BCUT2D eigenvalue weighted by Gasteiger charge is 2.32. The van der Waals surface area contributed by atoms with Crippen LogP contribution < -0.4 is 0 Å². The summed E-state index contributed by atoms with van der Waals surface area (Å²) in [5, 5.41) is 5.91. The number of hydrogen-bond acceptors (Lipinski definition) is 4. The maximum absolute atomic E-state index is 12.1. The van der Waals surface area contributed by atoms with Crippen molar-refractivity contribution < 1.29 is 14.3 Å². The molecule has 0 N–H and O–H groups in total. The minimum absolute atomic E-state index is 0.0000822. The molecule has 1 rings (SSSR count). The molecule has 0 fully saturated rings. The fourth-order valence-electron chi connectivity index (χ4n) is 1.99. The van der Waals surface area contributed by atoms with Gasteiger partial charge in [0.2, 0.25) is 5.91 Å². The zero-order chi connectivity index (χ0) is 17.1. The lowest BCUT2D eigenvalue weighted by atomic mass is 10.1. The summed E-state index contributed by atoms with van der Waals surface area (Å²) in [6.07, 6.45) is 0.779. The van der Waals surface area contributed by atoms with Gasteiger partial charge in [-0.25, -0.2) is 9.80 Å². The van der Waals surface area contributed by atoms with Crippen molar-refractivity contribution in [3.63, 3.8) is 0 Å². The predicted octanol–water partition coefficient (Wildman–Crippen LogP) is 2.88. The van der Waals surface area contributed by atoms with Gasteiger partial charge in [0, 0.05) is 13.6 Å². The van der Waals surface area contributed by atoms with E-state index < -0.39 is 11.7 Å². The van der Waals surface area contributed by atoms with Crippen molar-refractivity contribution in [2.24, 2.45) is 11.0 Å². The van der Waals surface area contributed by atoms with Crippen molar-refractivity contribution in [3.05, 3.63) is 0 Å². The Morgan fingerprint density at radius 1 is 1.36 bits per heavy atom. The second-order valence-corrected chi connectivity index (χ2v) is 7.23. The molecule has 0 aliphatic carbocycles. The van der Waals surface area contributed by atoms with E-state index in [-0.39, 0.29) is 18.4 Å². The maximum Gasteiger partial charge on any atom is 0.410 e. The van der Waals surface area contributed by atoms with Gasteiger partial charge in [-0.2, -0.15) is 5.10 Å². The topological polar surface area (TPSA) is 62.2 Å². The Bertz CT molecular complexity index is 452. The van der Waals surface area contributed by atoms with E-state index in [0.717, 1.165) is 6.42 Å². The second-order valence-electron chi connectivity index (χ2n) is 7.23. The first kappa shape index (κ1) is 18.5. The summed E-state index contributed by atoms with van der Waals surface area (Å²) in [6.45, 7) is 12.2. The van der Waals surface area contributed by atoms with Gasteiger partial charge in [-0.15, -0.1) is 0 Å². The smallest absolute Gasteiger partial charge is 0.410 e. The first-order valence-corrected chi connectivity index (χ1v) is 7.85. The highest BCUT2D eigenvalue weighted by molar-refractivity contribution is 6.08. The Morgan fingerprint density at radius 2 is 1.95 bits per heavy atom. The Labute approximate surface area is 133 Å². The fraction of sp³-hybridized carbons (Fsp3) is 0.812. The summed E-state index contributed by atoms with van der Waals surface area (Å²) < 4.78 is 5.35. The number of carbonyl (C=O) groups excluding carboxylic acids is 2. The van der Waals surface area contributed by atoms with E-state index in [4.69, 9.17) is 4.74 Å². The fourth-order valence-corrected chi connectivity index (χ4v) is 1.99. The summed E-state index contributed by atoms with van der Waals surface area (Å²) in [6, 6.07) is -0.261. The highest BCUT2D eigenvalue weighted by atomic mass is 16.6. The summed E-state index contributed by atoms with van der Waals surface area (Å²) >= 11 is 0. The largest absolute Gasteiger partial charge is 0.444 e. The van der Waals surface area contributed by atoms with Crippen molar-refractivity contribution in [3.8, 4) is 0 Å². The maximum atomic E-state index is 12.1. The molecule has 0 saturated heterocycles. The van der Waals surface area contributed by atoms with E-state index >= 15 is 0 Å². The molecule has 0 spiro atoms. The van der Waals surface area contributed by atoms with Crippen LogP contribution in [0.2, 0.25) is 0 Å². The van der Waals surface area contributed by atoms with Crippen LogP contribution in [0.1, 0.15) is 54.4 Å². The first-order chi connectivity index (χ1) is 10.0. The average molecular weight is 311 g/mol. The number of amides is 2. The van der Waals surface area contributed by atoms with Crippen LogP contribution in [0.15, 0.2) is 5.10 Å². The zero-order valence-electron chi connectivity index (χ0n) is 14.8. The predicted molar refractivity (Wildman–Crippen MR) is 86.7 cm³/mol. The lowest BCUT2D eigenvalue weighted by Crippen LogP contribution is -2.43. The normalized spacial score (nSPS) is 16.8. The minimum atomic E-state index is -0.540. The first-order valence-electron chi connectivity index (χ1n) is 7.85. The van der Waals surface area contributed by atoms with Gasteiger partial charge in [0.15, 0.2) is 0 Å². The molecule has 6 nitrogen and oxygen atoms in total. The lowest BCUT2D eigenvalue weighted by molar-refractivity contribution is -0.128. The van der Waals surface area contributed by atoms with E-state index in [1.165, 1.54) is 9.91 Å². The molecule has 2 amide bonds. The van der Waals surface area contributed by atoms with Gasteiger partial charge in [-0.1, -0.05) is 13.8 Å². The summed E-state index contributed by atoms with van der Waals surface area (Å²) in [4.78, 5) is 25.6. The molecule has 0 aromatic heterocycles. The van der Waals surface area contributed by atoms with E-state index in [9.17, 15) is 9.59 Å². The molecule has 1 unspecified atom stereocenters. The van der Waals surface area contributed by atoms with Crippen LogP contribution in [0.3, 0.4) is 0 Å². The number of rotatable bonds is 5. The number of ether oxygens (including phenoxy) is 1. The molecule has 0 bridgehead atoms. The van der Waals surface area contributed by atoms with Gasteiger partial charge in [0.25, 0.3) is 0 Å². The highest BCUT2D eigenvalue weighted by Crippen LogP contribution is 2.17.